The zero-order valence-corrected chi connectivity index (χ0v) is 21.5. The summed E-state index contributed by atoms with van der Waals surface area (Å²) in [5, 5.41) is 19.3. The van der Waals surface area contributed by atoms with Crippen molar-refractivity contribution in [3.63, 3.8) is 0 Å². The fourth-order valence-corrected chi connectivity index (χ4v) is 4.94. The van der Waals surface area contributed by atoms with Crippen LogP contribution in [0.3, 0.4) is 0 Å². The topological polar surface area (TPSA) is 103 Å². The molecule has 0 saturated heterocycles. The Bertz CT molecular complexity index is 1070. The number of ether oxygens (including phenoxy) is 1. The van der Waals surface area contributed by atoms with Crippen molar-refractivity contribution in [2.24, 2.45) is 0 Å². The molecule has 0 atom stereocenters. The normalized spacial score (nSPS) is 14.9. The van der Waals surface area contributed by atoms with Crippen molar-refractivity contribution in [3.05, 3.63) is 70.8 Å². The van der Waals surface area contributed by atoms with Crippen LogP contribution in [0.4, 0.5) is 5.69 Å². The number of hydrogen-bond acceptors (Lipinski definition) is 6. The summed E-state index contributed by atoms with van der Waals surface area (Å²) in [5.41, 5.74) is 1.45. The summed E-state index contributed by atoms with van der Waals surface area (Å²) in [4.78, 5) is 25.8. The number of benzene rings is 2. The maximum absolute atomic E-state index is 13.0. The van der Waals surface area contributed by atoms with Gasteiger partial charge in [0.05, 0.1) is 23.6 Å². The Morgan fingerprint density at radius 3 is 2.36 bits per heavy atom. The first-order valence-corrected chi connectivity index (χ1v) is 13.4. The molecule has 8 heteroatoms. The van der Waals surface area contributed by atoms with E-state index in [0.717, 1.165) is 43.0 Å². The summed E-state index contributed by atoms with van der Waals surface area (Å²) in [6, 6.07) is 18.9. The first-order valence-electron chi connectivity index (χ1n) is 12.4. The van der Waals surface area contributed by atoms with Crippen LogP contribution in [0.2, 0.25) is 0 Å². The van der Waals surface area contributed by atoms with E-state index in [-0.39, 0.29) is 23.3 Å². The van der Waals surface area contributed by atoms with Crippen molar-refractivity contribution >= 4 is 29.3 Å². The number of nitrogens with one attached hydrogen (secondary N) is 3. The third kappa shape index (κ3) is 8.65. The second kappa shape index (κ2) is 14.8. The minimum Gasteiger partial charge on any atom is -0.495 e. The molecule has 3 rings (SSSR count). The summed E-state index contributed by atoms with van der Waals surface area (Å²) in [5.74, 6) is 0.0422. The van der Waals surface area contributed by atoms with Gasteiger partial charge in [0.25, 0.3) is 5.91 Å². The van der Waals surface area contributed by atoms with Crippen molar-refractivity contribution in [3.8, 4) is 11.8 Å². The molecule has 7 nitrogen and oxygen atoms in total. The highest BCUT2D eigenvalue weighted by atomic mass is 32.2. The number of rotatable bonds is 10. The third-order valence-electron chi connectivity index (χ3n) is 6.03. The monoisotopic (exact) mass is 506 g/mol. The number of nitriles is 1. The number of carbonyl (C=O) groups excluding carboxylic acids is 2. The summed E-state index contributed by atoms with van der Waals surface area (Å²) in [6.45, 7) is 0.291. The van der Waals surface area contributed by atoms with Gasteiger partial charge in [-0.15, -0.1) is 0 Å². The Kier molecular flexibility index (Phi) is 11.2. The number of carbonyl (C=O) groups is 2. The van der Waals surface area contributed by atoms with Gasteiger partial charge in [0.2, 0.25) is 5.91 Å². The molecule has 1 saturated carbocycles. The maximum atomic E-state index is 13.0. The van der Waals surface area contributed by atoms with Crippen LogP contribution in [0.5, 0.6) is 5.75 Å². The molecule has 0 aromatic heterocycles. The summed E-state index contributed by atoms with van der Waals surface area (Å²) >= 11 is 1.14. The van der Waals surface area contributed by atoms with Crippen molar-refractivity contribution in [1.82, 2.24) is 10.6 Å². The molecular formula is C28H34N4O3S. The van der Waals surface area contributed by atoms with Crippen molar-refractivity contribution in [2.75, 3.05) is 18.2 Å². The lowest BCUT2D eigenvalue weighted by Gasteiger charge is -2.21. The van der Waals surface area contributed by atoms with Gasteiger partial charge in [0, 0.05) is 12.6 Å². The molecular weight excluding hydrogens is 472 g/mol. The smallest absolute Gasteiger partial charge is 0.264 e. The average Bonchev–Trinajstić information content (AvgIpc) is 2.88. The fraction of sp³-hybridized carbons (Fsp3) is 0.393. The quantitative estimate of drug-likeness (QED) is 0.305. The van der Waals surface area contributed by atoms with E-state index in [0.29, 0.717) is 23.0 Å². The van der Waals surface area contributed by atoms with Gasteiger partial charge in [-0.2, -0.15) is 5.26 Å². The van der Waals surface area contributed by atoms with E-state index in [9.17, 15) is 14.9 Å². The molecule has 1 aliphatic rings. The highest BCUT2D eigenvalue weighted by molar-refractivity contribution is 8.03. The van der Waals surface area contributed by atoms with Crippen LogP contribution in [0.25, 0.3) is 0 Å². The lowest BCUT2D eigenvalue weighted by atomic mass is 9.97. The Labute approximate surface area is 217 Å². The van der Waals surface area contributed by atoms with Crippen LogP contribution >= 0.6 is 11.8 Å². The van der Waals surface area contributed by atoms with Crippen molar-refractivity contribution in [2.45, 2.75) is 57.5 Å². The van der Waals surface area contributed by atoms with Crippen molar-refractivity contribution < 1.29 is 14.3 Å². The lowest BCUT2D eigenvalue weighted by molar-refractivity contribution is -0.119. The van der Waals surface area contributed by atoms with Crippen LogP contribution in [0.1, 0.15) is 50.5 Å². The van der Waals surface area contributed by atoms with E-state index in [4.69, 9.17) is 4.74 Å². The number of amides is 2. The molecule has 1 aliphatic carbocycles. The Morgan fingerprint density at radius 1 is 1.00 bits per heavy atom. The minimum absolute atomic E-state index is 0.0828. The summed E-state index contributed by atoms with van der Waals surface area (Å²) < 4.78 is 5.42. The number of anilines is 1. The van der Waals surface area contributed by atoms with E-state index in [2.05, 4.69) is 16.0 Å². The molecule has 2 amide bonds. The van der Waals surface area contributed by atoms with Crippen LogP contribution in [-0.2, 0) is 16.1 Å². The van der Waals surface area contributed by atoms with Gasteiger partial charge in [0.15, 0.2) is 0 Å². The molecule has 2 aromatic carbocycles. The molecule has 0 radical (unpaired) electrons. The van der Waals surface area contributed by atoms with Crippen molar-refractivity contribution in [1.29, 1.82) is 5.26 Å². The molecule has 0 heterocycles. The highest BCUT2D eigenvalue weighted by Crippen LogP contribution is 2.29. The second-order valence-electron chi connectivity index (χ2n) is 8.71. The third-order valence-corrected chi connectivity index (χ3v) is 7.04. The molecule has 36 heavy (non-hydrogen) atoms. The van der Waals surface area contributed by atoms with Crippen LogP contribution in [-0.4, -0.2) is 30.7 Å². The van der Waals surface area contributed by atoms with E-state index in [1.54, 1.807) is 19.2 Å². The Hall–Kier alpha value is -3.44. The van der Waals surface area contributed by atoms with E-state index < -0.39 is 5.91 Å². The number of hydrogen-bond donors (Lipinski definition) is 3. The van der Waals surface area contributed by atoms with Gasteiger partial charge >= 0.3 is 0 Å². The predicted molar refractivity (Wildman–Crippen MR) is 144 cm³/mol. The molecule has 0 spiro atoms. The summed E-state index contributed by atoms with van der Waals surface area (Å²) in [7, 11) is 1.55. The average molecular weight is 507 g/mol. The molecule has 2 aromatic rings. The van der Waals surface area contributed by atoms with E-state index in [1.165, 1.54) is 19.3 Å². The molecule has 190 valence electrons. The Balaban J connectivity index is 1.74. The zero-order chi connectivity index (χ0) is 25.6. The zero-order valence-electron chi connectivity index (χ0n) is 20.7. The molecule has 3 N–H and O–H groups in total. The number of methoxy groups -OCH3 is 1. The molecule has 0 aliphatic heterocycles. The maximum Gasteiger partial charge on any atom is 0.264 e. The molecule has 0 bridgehead atoms. The van der Waals surface area contributed by atoms with Gasteiger partial charge in [-0.05, 0) is 30.5 Å². The Morgan fingerprint density at radius 2 is 1.67 bits per heavy atom. The highest BCUT2D eigenvalue weighted by Gasteiger charge is 2.20. The van der Waals surface area contributed by atoms with Gasteiger partial charge in [-0.3, -0.25) is 9.59 Å². The molecule has 0 unspecified atom stereocenters. The van der Waals surface area contributed by atoms with Gasteiger partial charge in [-0.1, -0.05) is 86.3 Å². The number of para-hydroxylation sites is 2. The van der Waals surface area contributed by atoms with Gasteiger partial charge < -0.3 is 20.7 Å². The van der Waals surface area contributed by atoms with Crippen LogP contribution in [0.15, 0.2) is 65.2 Å². The SMILES string of the molecule is COc1ccccc1NC(SCC(=O)NC1CCCCCCC1)=C(C#N)C(=O)NCc1ccccc1. The largest absolute Gasteiger partial charge is 0.495 e. The van der Waals surface area contributed by atoms with Gasteiger partial charge in [0.1, 0.15) is 17.4 Å². The van der Waals surface area contributed by atoms with E-state index in [1.807, 2.05) is 48.5 Å². The van der Waals surface area contributed by atoms with Crippen LogP contribution < -0.4 is 20.7 Å². The minimum atomic E-state index is -0.508. The first-order chi connectivity index (χ1) is 17.6. The predicted octanol–water partition coefficient (Wildman–Crippen LogP) is 5.12. The number of thioether (sulfide) groups is 1. The number of nitrogens with zero attached hydrogens (tertiary/aromatic N) is 1. The van der Waals surface area contributed by atoms with E-state index >= 15 is 0 Å². The standard InChI is InChI=1S/C28H34N4O3S/c1-35-25-17-11-10-16-24(25)32-28(23(18-29)27(34)30-19-21-12-6-5-7-13-21)36-20-26(33)31-22-14-8-3-2-4-9-15-22/h5-7,10-13,16-17,22,32H,2-4,8-9,14-15,19-20H2,1H3,(H,30,34)(H,31,33). The summed E-state index contributed by atoms with van der Waals surface area (Å²) in [6.07, 6.45) is 7.91. The lowest BCUT2D eigenvalue weighted by Crippen LogP contribution is -2.36. The van der Waals surface area contributed by atoms with Crippen LogP contribution in [0, 0.1) is 11.3 Å². The fourth-order valence-electron chi connectivity index (χ4n) is 4.12. The molecule has 1 fully saturated rings. The first kappa shape index (κ1) is 27.2. The second-order valence-corrected chi connectivity index (χ2v) is 9.69. The van der Waals surface area contributed by atoms with Gasteiger partial charge in [-0.25, -0.2) is 0 Å².